The van der Waals surface area contributed by atoms with Gasteiger partial charge >= 0.3 is 0 Å². The molecular weight excluding hydrogens is 355 g/mol. The summed E-state index contributed by atoms with van der Waals surface area (Å²) in [6.45, 7) is 4.50. The maximum Gasteiger partial charge on any atom is 0.228 e. The molecule has 0 aliphatic carbocycles. The standard InChI is InChI=1S/C20H22Cl2N2O/c1-14-4-8-18(9-5-14)23-20(25)16-3-2-10-24(13-16)12-15-6-7-17(21)11-19(15)22/h4-9,11,16H,2-3,10,12-13H2,1H3,(H,23,25)/t16-/m0/s1. The van der Waals surface area contributed by atoms with Crippen molar-refractivity contribution in [3.63, 3.8) is 0 Å². The number of likely N-dealkylation sites (tertiary alicyclic amines) is 1. The van der Waals surface area contributed by atoms with Gasteiger partial charge in [0.05, 0.1) is 5.92 Å². The number of aryl methyl sites for hydroxylation is 1. The average Bonchev–Trinajstić information content (AvgIpc) is 2.60. The lowest BCUT2D eigenvalue weighted by molar-refractivity contribution is -0.121. The van der Waals surface area contributed by atoms with Gasteiger partial charge in [0.2, 0.25) is 5.91 Å². The number of rotatable bonds is 4. The highest BCUT2D eigenvalue weighted by atomic mass is 35.5. The second-order valence-electron chi connectivity index (χ2n) is 6.67. The molecular formula is C20H22Cl2N2O. The van der Waals surface area contributed by atoms with Gasteiger partial charge in [-0.25, -0.2) is 0 Å². The van der Waals surface area contributed by atoms with E-state index in [1.807, 2.05) is 43.3 Å². The first-order chi connectivity index (χ1) is 12.0. The number of nitrogens with one attached hydrogen (secondary N) is 1. The zero-order valence-corrected chi connectivity index (χ0v) is 15.8. The molecule has 0 aromatic heterocycles. The normalized spacial score (nSPS) is 18.1. The van der Waals surface area contributed by atoms with Crippen molar-refractivity contribution in [2.24, 2.45) is 5.92 Å². The van der Waals surface area contributed by atoms with Crippen LogP contribution in [-0.4, -0.2) is 23.9 Å². The van der Waals surface area contributed by atoms with E-state index in [0.717, 1.165) is 43.7 Å². The van der Waals surface area contributed by atoms with Gasteiger partial charge in [-0.2, -0.15) is 0 Å². The Kier molecular flexibility index (Phi) is 6.00. The summed E-state index contributed by atoms with van der Waals surface area (Å²) >= 11 is 12.2. The zero-order valence-electron chi connectivity index (χ0n) is 14.3. The third-order valence-electron chi connectivity index (χ3n) is 4.60. The van der Waals surface area contributed by atoms with Gasteiger partial charge in [0.15, 0.2) is 0 Å². The molecule has 1 amide bonds. The predicted octanol–water partition coefficient (Wildman–Crippen LogP) is 5.15. The number of hydrogen-bond acceptors (Lipinski definition) is 2. The molecule has 0 bridgehead atoms. The first-order valence-corrected chi connectivity index (χ1v) is 9.30. The number of nitrogens with zero attached hydrogens (tertiary/aromatic N) is 1. The molecule has 0 radical (unpaired) electrons. The summed E-state index contributed by atoms with van der Waals surface area (Å²) in [7, 11) is 0. The second kappa shape index (κ2) is 8.22. The summed E-state index contributed by atoms with van der Waals surface area (Å²) in [5.41, 5.74) is 3.08. The van der Waals surface area contributed by atoms with E-state index >= 15 is 0 Å². The van der Waals surface area contributed by atoms with Crippen LogP contribution in [0.5, 0.6) is 0 Å². The van der Waals surface area contributed by atoms with E-state index in [4.69, 9.17) is 23.2 Å². The van der Waals surface area contributed by atoms with Crippen molar-refractivity contribution < 1.29 is 4.79 Å². The van der Waals surface area contributed by atoms with Crippen molar-refractivity contribution in [1.82, 2.24) is 4.90 Å². The van der Waals surface area contributed by atoms with Crippen LogP contribution in [0.25, 0.3) is 0 Å². The molecule has 1 atom stereocenters. The van der Waals surface area contributed by atoms with Crippen LogP contribution in [-0.2, 0) is 11.3 Å². The van der Waals surface area contributed by atoms with Gasteiger partial charge in [-0.15, -0.1) is 0 Å². The lowest BCUT2D eigenvalue weighted by Crippen LogP contribution is -2.40. The minimum atomic E-state index is 0.00105. The SMILES string of the molecule is Cc1ccc(NC(=O)[C@H]2CCCN(Cc3ccc(Cl)cc3Cl)C2)cc1. The number of amides is 1. The van der Waals surface area contributed by atoms with E-state index in [1.165, 1.54) is 5.56 Å². The molecule has 1 aliphatic rings. The van der Waals surface area contributed by atoms with E-state index in [1.54, 1.807) is 6.07 Å². The van der Waals surface area contributed by atoms with Crippen LogP contribution in [0.1, 0.15) is 24.0 Å². The number of piperidine rings is 1. The van der Waals surface area contributed by atoms with Crippen LogP contribution in [0.3, 0.4) is 0 Å². The van der Waals surface area contributed by atoms with Crippen LogP contribution in [0.4, 0.5) is 5.69 Å². The minimum Gasteiger partial charge on any atom is -0.326 e. The lowest BCUT2D eigenvalue weighted by atomic mass is 9.96. The van der Waals surface area contributed by atoms with Gasteiger partial charge < -0.3 is 5.32 Å². The number of halogens is 2. The van der Waals surface area contributed by atoms with Gasteiger partial charge in [0.1, 0.15) is 0 Å². The van der Waals surface area contributed by atoms with E-state index in [2.05, 4.69) is 10.2 Å². The summed E-state index contributed by atoms with van der Waals surface area (Å²) in [5.74, 6) is 0.0943. The molecule has 1 fully saturated rings. The van der Waals surface area contributed by atoms with Crippen LogP contribution in [0.2, 0.25) is 10.0 Å². The molecule has 1 saturated heterocycles. The Balaban J connectivity index is 1.60. The van der Waals surface area contributed by atoms with Crippen LogP contribution >= 0.6 is 23.2 Å². The Morgan fingerprint density at radius 3 is 2.68 bits per heavy atom. The van der Waals surface area contributed by atoms with Crippen molar-refractivity contribution in [2.45, 2.75) is 26.3 Å². The van der Waals surface area contributed by atoms with Crippen molar-refractivity contribution in [2.75, 3.05) is 18.4 Å². The minimum absolute atomic E-state index is 0.00105. The van der Waals surface area contributed by atoms with E-state index in [9.17, 15) is 4.79 Å². The summed E-state index contributed by atoms with van der Waals surface area (Å²) in [5, 5.41) is 4.35. The fraction of sp³-hybridized carbons (Fsp3) is 0.350. The van der Waals surface area contributed by atoms with Crippen LogP contribution < -0.4 is 5.32 Å². The summed E-state index contributed by atoms with van der Waals surface area (Å²) in [6.07, 6.45) is 1.93. The zero-order chi connectivity index (χ0) is 17.8. The molecule has 2 aromatic carbocycles. The first kappa shape index (κ1) is 18.2. The Morgan fingerprint density at radius 2 is 1.96 bits per heavy atom. The topological polar surface area (TPSA) is 32.3 Å². The molecule has 25 heavy (non-hydrogen) atoms. The number of carbonyl (C=O) groups is 1. The van der Waals surface area contributed by atoms with Gasteiger partial charge in [-0.05, 0) is 56.1 Å². The molecule has 1 aliphatic heterocycles. The molecule has 1 N–H and O–H groups in total. The highest BCUT2D eigenvalue weighted by Crippen LogP contribution is 2.25. The van der Waals surface area contributed by atoms with E-state index in [-0.39, 0.29) is 11.8 Å². The fourth-order valence-electron chi connectivity index (χ4n) is 3.19. The number of carbonyl (C=O) groups excluding carboxylic acids is 1. The van der Waals surface area contributed by atoms with Crippen molar-refractivity contribution in [1.29, 1.82) is 0 Å². The van der Waals surface area contributed by atoms with E-state index in [0.29, 0.717) is 10.0 Å². The molecule has 3 rings (SSSR count). The van der Waals surface area contributed by atoms with Gasteiger partial charge in [0.25, 0.3) is 0 Å². The molecule has 3 nitrogen and oxygen atoms in total. The third kappa shape index (κ3) is 4.97. The number of hydrogen-bond donors (Lipinski definition) is 1. The summed E-state index contributed by atoms with van der Waals surface area (Å²) in [4.78, 5) is 14.9. The summed E-state index contributed by atoms with van der Waals surface area (Å²) < 4.78 is 0. The van der Waals surface area contributed by atoms with Crippen LogP contribution in [0.15, 0.2) is 42.5 Å². The molecule has 0 saturated carbocycles. The largest absolute Gasteiger partial charge is 0.326 e. The highest BCUT2D eigenvalue weighted by Gasteiger charge is 2.26. The Labute approximate surface area is 158 Å². The smallest absolute Gasteiger partial charge is 0.228 e. The summed E-state index contributed by atoms with van der Waals surface area (Å²) in [6, 6.07) is 13.5. The monoisotopic (exact) mass is 376 g/mol. The fourth-order valence-corrected chi connectivity index (χ4v) is 3.65. The molecule has 132 valence electrons. The van der Waals surface area contributed by atoms with Crippen LogP contribution in [0, 0.1) is 12.8 Å². The number of anilines is 1. The molecule has 2 aromatic rings. The third-order valence-corrected chi connectivity index (χ3v) is 5.19. The van der Waals surface area contributed by atoms with E-state index < -0.39 is 0 Å². The Morgan fingerprint density at radius 1 is 1.20 bits per heavy atom. The van der Waals surface area contributed by atoms with Crippen molar-refractivity contribution >= 4 is 34.8 Å². The molecule has 5 heteroatoms. The molecule has 1 heterocycles. The lowest BCUT2D eigenvalue weighted by Gasteiger charge is -2.32. The second-order valence-corrected chi connectivity index (χ2v) is 7.51. The van der Waals surface area contributed by atoms with Crippen molar-refractivity contribution in [3.05, 3.63) is 63.6 Å². The predicted molar refractivity (Wildman–Crippen MR) is 104 cm³/mol. The van der Waals surface area contributed by atoms with Gasteiger partial charge in [0, 0.05) is 28.8 Å². The average molecular weight is 377 g/mol. The maximum absolute atomic E-state index is 12.6. The van der Waals surface area contributed by atoms with Crippen molar-refractivity contribution in [3.8, 4) is 0 Å². The quantitative estimate of drug-likeness (QED) is 0.799. The first-order valence-electron chi connectivity index (χ1n) is 8.55. The number of benzene rings is 2. The van der Waals surface area contributed by atoms with Gasteiger partial charge in [-0.1, -0.05) is 47.0 Å². The van der Waals surface area contributed by atoms with Gasteiger partial charge in [-0.3, -0.25) is 9.69 Å². The molecule has 0 unspecified atom stereocenters. The molecule has 0 spiro atoms. The highest BCUT2D eigenvalue weighted by molar-refractivity contribution is 6.35. The Hall–Kier alpha value is -1.55. The maximum atomic E-state index is 12.6. The Bertz CT molecular complexity index is 746.